The molecule has 2 aromatic carbocycles. The smallest absolute Gasteiger partial charge is 0.279 e. The van der Waals surface area contributed by atoms with Gasteiger partial charge in [0.15, 0.2) is 18.2 Å². The molecule has 1 amide bonds. The summed E-state index contributed by atoms with van der Waals surface area (Å²) in [7, 11) is 0. The Hall–Kier alpha value is -1.92. The van der Waals surface area contributed by atoms with E-state index in [-0.39, 0.29) is 18.5 Å². The van der Waals surface area contributed by atoms with E-state index in [0.29, 0.717) is 5.56 Å². The van der Waals surface area contributed by atoms with Crippen molar-refractivity contribution in [2.45, 2.75) is 17.9 Å². The first-order valence-corrected chi connectivity index (χ1v) is 8.45. The molecule has 23 heavy (non-hydrogen) atoms. The second-order valence-electron chi connectivity index (χ2n) is 5.15. The van der Waals surface area contributed by atoms with Crippen LogP contribution in [0, 0.1) is 11.6 Å². The molecule has 2 rings (SSSR count). The number of nitrogens with one attached hydrogen (secondary N) is 1. The predicted molar refractivity (Wildman–Crippen MR) is 88.4 cm³/mol. The van der Waals surface area contributed by atoms with E-state index in [9.17, 15) is 13.6 Å². The third-order valence-electron chi connectivity index (χ3n) is 3.51. The SMILES string of the molecule is CSc1ccccc1NC(=O)C[NH2+][C@@H](C)c1ccc(F)c(F)c1. The molecular weight excluding hydrogens is 318 g/mol. The van der Waals surface area contributed by atoms with Crippen LogP contribution in [0.2, 0.25) is 0 Å². The Balaban J connectivity index is 1.92. The topological polar surface area (TPSA) is 45.7 Å². The molecule has 2 aromatic rings. The number of amides is 1. The molecular formula is C17H19F2N2OS+. The van der Waals surface area contributed by atoms with Gasteiger partial charge in [-0.3, -0.25) is 4.79 Å². The number of hydrogen-bond donors (Lipinski definition) is 2. The molecule has 3 nitrogen and oxygen atoms in total. The maximum atomic E-state index is 13.2. The van der Waals surface area contributed by atoms with Crippen LogP contribution in [-0.2, 0) is 4.79 Å². The second-order valence-corrected chi connectivity index (χ2v) is 6.00. The van der Waals surface area contributed by atoms with Crippen LogP contribution in [0.25, 0.3) is 0 Å². The molecule has 122 valence electrons. The van der Waals surface area contributed by atoms with Gasteiger partial charge in [-0.05, 0) is 43.5 Å². The van der Waals surface area contributed by atoms with Gasteiger partial charge in [0.05, 0.1) is 5.69 Å². The molecule has 0 aliphatic rings. The first kappa shape index (κ1) is 17.4. The van der Waals surface area contributed by atoms with E-state index >= 15 is 0 Å². The Labute approximate surface area is 138 Å². The zero-order chi connectivity index (χ0) is 16.8. The lowest BCUT2D eigenvalue weighted by molar-refractivity contribution is -0.682. The highest BCUT2D eigenvalue weighted by molar-refractivity contribution is 7.98. The maximum Gasteiger partial charge on any atom is 0.279 e. The van der Waals surface area contributed by atoms with Gasteiger partial charge in [-0.15, -0.1) is 11.8 Å². The third-order valence-corrected chi connectivity index (χ3v) is 4.30. The lowest BCUT2D eigenvalue weighted by Crippen LogP contribution is -2.86. The highest BCUT2D eigenvalue weighted by atomic mass is 32.2. The van der Waals surface area contributed by atoms with Gasteiger partial charge in [-0.1, -0.05) is 12.1 Å². The number of carbonyl (C=O) groups is 1. The molecule has 0 fully saturated rings. The first-order valence-electron chi connectivity index (χ1n) is 7.22. The molecule has 0 aliphatic heterocycles. The summed E-state index contributed by atoms with van der Waals surface area (Å²) in [5.41, 5.74) is 1.42. The molecule has 1 atom stereocenters. The minimum absolute atomic E-state index is 0.138. The van der Waals surface area contributed by atoms with Crippen molar-refractivity contribution in [1.29, 1.82) is 0 Å². The van der Waals surface area contributed by atoms with Crippen molar-refractivity contribution in [1.82, 2.24) is 0 Å². The number of thioether (sulfide) groups is 1. The van der Waals surface area contributed by atoms with Crippen molar-refractivity contribution in [3.8, 4) is 0 Å². The molecule has 0 heterocycles. The van der Waals surface area contributed by atoms with E-state index in [4.69, 9.17) is 0 Å². The molecule has 0 spiro atoms. The molecule has 3 N–H and O–H groups in total. The fourth-order valence-corrected chi connectivity index (χ4v) is 2.72. The van der Waals surface area contributed by atoms with Crippen molar-refractivity contribution in [2.24, 2.45) is 0 Å². The minimum Gasteiger partial charge on any atom is -0.333 e. The summed E-state index contributed by atoms with van der Waals surface area (Å²) >= 11 is 1.56. The zero-order valence-corrected chi connectivity index (χ0v) is 13.8. The normalized spacial score (nSPS) is 12.0. The lowest BCUT2D eigenvalue weighted by Gasteiger charge is -2.12. The average molecular weight is 337 g/mol. The van der Waals surface area contributed by atoms with Crippen LogP contribution in [-0.4, -0.2) is 18.7 Å². The Morgan fingerprint density at radius 2 is 1.96 bits per heavy atom. The minimum atomic E-state index is -0.874. The van der Waals surface area contributed by atoms with Crippen LogP contribution in [0.1, 0.15) is 18.5 Å². The summed E-state index contributed by atoms with van der Waals surface area (Å²) in [6, 6.07) is 11.2. The predicted octanol–water partition coefficient (Wildman–Crippen LogP) is 2.95. The molecule has 0 unspecified atom stereocenters. The highest BCUT2D eigenvalue weighted by Crippen LogP contribution is 2.24. The van der Waals surface area contributed by atoms with Crippen LogP contribution in [0.15, 0.2) is 47.4 Å². The molecule has 0 radical (unpaired) electrons. The summed E-state index contributed by atoms with van der Waals surface area (Å²) in [6.07, 6.45) is 1.95. The van der Waals surface area contributed by atoms with Gasteiger partial charge >= 0.3 is 0 Å². The van der Waals surface area contributed by atoms with Gasteiger partial charge in [0, 0.05) is 10.5 Å². The van der Waals surface area contributed by atoms with E-state index in [2.05, 4.69) is 5.32 Å². The monoisotopic (exact) mass is 337 g/mol. The Morgan fingerprint density at radius 1 is 1.22 bits per heavy atom. The van der Waals surface area contributed by atoms with Crippen LogP contribution in [0.5, 0.6) is 0 Å². The number of anilines is 1. The quantitative estimate of drug-likeness (QED) is 0.796. The molecule has 0 bridgehead atoms. The Bertz CT molecular complexity index is 694. The van der Waals surface area contributed by atoms with Gasteiger partial charge in [-0.2, -0.15) is 0 Å². The van der Waals surface area contributed by atoms with E-state index in [1.165, 1.54) is 6.07 Å². The van der Waals surface area contributed by atoms with E-state index in [0.717, 1.165) is 22.7 Å². The van der Waals surface area contributed by atoms with Crippen molar-refractivity contribution in [3.63, 3.8) is 0 Å². The summed E-state index contributed by atoms with van der Waals surface area (Å²) in [5.74, 6) is -1.88. The standard InChI is InChI=1S/C17H18F2N2OS/c1-11(12-7-8-13(18)14(19)9-12)20-10-17(22)21-15-5-3-4-6-16(15)23-2/h3-9,11,20H,10H2,1-2H3,(H,21,22)/p+1/t11-/m0/s1. The van der Waals surface area contributed by atoms with Gasteiger partial charge in [-0.25, -0.2) is 8.78 Å². The number of nitrogens with two attached hydrogens (primary N) is 1. The highest BCUT2D eigenvalue weighted by Gasteiger charge is 2.14. The number of quaternary nitrogens is 1. The van der Waals surface area contributed by atoms with E-state index in [1.54, 1.807) is 17.1 Å². The largest absolute Gasteiger partial charge is 0.333 e. The van der Waals surface area contributed by atoms with Crippen molar-refractivity contribution >= 4 is 23.4 Å². The van der Waals surface area contributed by atoms with Gasteiger partial charge in [0.25, 0.3) is 5.91 Å². The van der Waals surface area contributed by atoms with Crippen LogP contribution in [0.4, 0.5) is 14.5 Å². The summed E-state index contributed by atoms with van der Waals surface area (Å²) < 4.78 is 26.2. The number of para-hydroxylation sites is 1. The summed E-state index contributed by atoms with van der Waals surface area (Å²) in [6.45, 7) is 2.04. The Morgan fingerprint density at radius 3 is 2.65 bits per heavy atom. The summed E-state index contributed by atoms with van der Waals surface area (Å²) in [5, 5.41) is 4.65. The van der Waals surface area contributed by atoms with Crippen LogP contribution in [0.3, 0.4) is 0 Å². The lowest BCUT2D eigenvalue weighted by atomic mass is 10.1. The van der Waals surface area contributed by atoms with Crippen LogP contribution < -0.4 is 10.6 Å². The Kier molecular flexibility index (Phi) is 6.12. The fourth-order valence-electron chi connectivity index (χ4n) is 2.16. The number of carbonyl (C=O) groups excluding carboxylic acids is 1. The van der Waals surface area contributed by atoms with Crippen molar-refractivity contribution < 1.29 is 18.9 Å². The van der Waals surface area contributed by atoms with E-state index in [1.807, 2.05) is 37.4 Å². The molecule has 6 heteroatoms. The average Bonchev–Trinajstić information content (AvgIpc) is 2.55. The number of rotatable bonds is 6. The van der Waals surface area contributed by atoms with Gasteiger partial charge in [0.2, 0.25) is 0 Å². The number of halogens is 2. The molecule has 0 saturated carbocycles. The molecule has 0 saturated heterocycles. The second kappa shape index (κ2) is 8.08. The van der Waals surface area contributed by atoms with Crippen molar-refractivity contribution in [2.75, 3.05) is 18.1 Å². The zero-order valence-electron chi connectivity index (χ0n) is 13.0. The van der Waals surface area contributed by atoms with Crippen LogP contribution >= 0.6 is 11.8 Å². The number of benzene rings is 2. The van der Waals surface area contributed by atoms with E-state index < -0.39 is 11.6 Å². The maximum absolute atomic E-state index is 13.2. The summed E-state index contributed by atoms with van der Waals surface area (Å²) in [4.78, 5) is 13.0. The van der Waals surface area contributed by atoms with Gasteiger partial charge < -0.3 is 10.6 Å². The van der Waals surface area contributed by atoms with Crippen molar-refractivity contribution in [3.05, 3.63) is 59.7 Å². The fraction of sp³-hybridized carbons (Fsp3) is 0.235. The number of hydrogen-bond acceptors (Lipinski definition) is 2. The van der Waals surface area contributed by atoms with Gasteiger partial charge in [0.1, 0.15) is 6.04 Å². The molecule has 0 aliphatic carbocycles. The first-order chi connectivity index (χ1) is 11.0. The third kappa shape index (κ3) is 4.77. The molecule has 0 aromatic heterocycles.